The van der Waals surface area contributed by atoms with Gasteiger partial charge in [0.2, 0.25) is 5.91 Å². The van der Waals surface area contributed by atoms with E-state index in [1.54, 1.807) is 0 Å². The number of amides is 1. The zero-order valence-electron chi connectivity index (χ0n) is 10.6. The van der Waals surface area contributed by atoms with Gasteiger partial charge in [-0.1, -0.05) is 32.4 Å². The van der Waals surface area contributed by atoms with Crippen molar-refractivity contribution in [3.05, 3.63) is 29.3 Å². The van der Waals surface area contributed by atoms with Crippen molar-refractivity contribution in [2.24, 2.45) is 5.92 Å². The maximum Gasteiger partial charge on any atom is 0.227 e. The number of carbonyl (C=O) groups excluding carboxylic acids is 1. The zero-order valence-corrected chi connectivity index (χ0v) is 10.6. The predicted molar refractivity (Wildman–Crippen MR) is 68.6 cm³/mol. The average Bonchev–Trinajstić information content (AvgIpc) is 2.23. The van der Waals surface area contributed by atoms with Crippen LogP contribution >= 0.6 is 0 Å². The maximum atomic E-state index is 11.9. The van der Waals surface area contributed by atoms with Gasteiger partial charge in [0.15, 0.2) is 0 Å². The van der Waals surface area contributed by atoms with E-state index in [0.717, 1.165) is 24.1 Å². The molecule has 88 valence electrons. The molecule has 1 aromatic carbocycles. The number of benzene rings is 1. The second-order valence-electron chi connectivity index (χ2n) is 4.50. The van der Waals surface area contributed by atoms with Gasteiger partial charge >= 0.3 is 0 Å². The summed E-state index contributed by atoms with van der Waals surface area (Å²) in [7, 11) is 0. The first-order valence-corrected chi connectivity index (χ1v) is 5.92. The second-order valence-corrected chi connectivity index (χ2v) is 4.50. The van der Waals surface area contributed by atoms with Crippen LogP contribution < -0.4 is 5.32 Å². The molecule has 0 aromatic heterocycles. The summed E-state index contributed by atoms with van der Waals surface area (Å²) in [5.41, 5.74) is 3.22. The van der Waals surface area contributed by atoms with Crippen molar-refractivity contribution in [1.82, 2.24) is 0 Å². The molecule has 0 spiro atoms. The van der Waals surface area contributed by atoms with Crippen LogP contribution in [0.1, 0.15) is 37.8 Å². The highest BCUT2D eigenvalue weighted by Gasteiger charge is 2.12. The highest BCUT2D eigenvalue weighted by atomic mass is 16.1. The van der Waals surface area contributed by atoms with E-state index in [1.807, 2.05) is 32.9 Å². The molecule has 1 atom stereocenters. The number of carbonyl (C=O) groups is 1. The Balaban J connectivity index is 2.72. The summed E-state index contributed by atoms with van der Waals surface area (Å²) in [5, 5.41) is 3.00. The van der Waals surface area contributed by atoms with Crippen LogP contribution in [-0.4, -0.2) is 5.91 Å². The van der Waals surface area contributed by atoms with Gasteiger partial charge in [0.25, 0.3) is 0 Å². The lowest BCUT2D eigenvalue weighted by Crippen LogP contribution is -2.20. The van der Waals surface area contributed by atoms with Gasteiger partial charge in [0, 0.05) is 11.6 Å². The Bertz CT molecular complexity index is 371. The fourth-order valence-corrected chi connectivity index (χ4v) is 1.69. The van der Waals surface area contributed by atoms with E-state index in [4.69, 9.17) is 0 Å². The molecule has 0 heterocycles. The first-order chi connectivity index (χ1) is 7.54. The molecule has 1 N–H and O–H groups in total. The largest absolute Gasteiger partial charge is 0.326 e. The molecular formula is C14H21NO. The Labute approximate surface area is 98.1 Å². The van der Waals surface area contributed by atoms with Crippen LogP contribution in [0.25, 0.3) is 0 Å². The fraction of sp³-hybridized carbons (Fsp3) is 0.500. The normalized spacial score (nSPS) is 12.2. The number of hydrogen-bond acceptors (Lipinski definition) is 1. The molecule has 0 aliphatic heterocycles. The first-order valence-electron chi connectivity index (χ1n) is 5.92. The molecule has 16 heavy (non-hydrogen) atoms. The molecule has 0 aliphatic rings. The van der Waals surface area contributed by atoms with Gasteiger partial charge in [0.1, 0.15) is 0 Å². The lowest BCUT2D eigenvalue weighted by Gasteiger charge is -2.13. The zero-order chi connectivity index (χ0) is 12.1. The van der Waals surface area contributed by atoms with Gasteiger partial charge in [-0.25, -0.2) is 0 Å². The fourth-order valence-electron chi connectivity index (χ4n) is 1.69. The van der Waals surface area contributed by atoms with E-state index >= 15 is 0 Å². The minimum absolute atomic E-state index is 0.0879. The van der Waals surface area contributed by atoms with Gasteiger partial charge in [-0.3, -0.25) is 4.79 Å². The minimum Gasteiger partial charge on any atom is -0.326 e. The molecule has 0 aliphatic carbocycles. The third kappa shape index (κ3) is 3.37. The van der Waals surface area contributed by atoms with Gasteiger partial charge in [0.05, 0.1) is 0 Å². The van der Waals surface area contributed by atoms with Crippen LogP contribution in [0.2, 0.25) is 0 Å². The standard InChI is InChI=1S/C14H21NO/c1-5-6-12(4)14(16)15-13-9-10(2)7-8-11(13)3/h7-9,12H,5-6H2,1-4H3,(H,15,16)/t12-/m0/s1. The Morgan fingerprint density at radius 2 is 2.06 bits per heavy atom. The van der Waals surface area contributed by atoms with E-state index in [2.05, 4.69) is 18.3 Å². The van der Waals surface area contributed by atoms with E-state index in [1.165, 1.54) is 5.56 Å². The second kappa shape index (κ2) is 5.69. The van der Waals surface area contributed by atoms with Crippen LogP contribution in [0.5, 0.6) is 0 Å². The predicted octanol–water partition coefficient (Wildman–Crippen LogP) is 3.68. The van der Waals surface area contributed by atoms with E-state index in [-0.39, 0.29) is 11.8 Å². The van der Waals surface area contributed by atoms with E-state index in [9.17, 15) is 4.79 Å². The molecule has 0 bridgehead atoms. The Hall–Kier alpha value is -1.31. The topological polar surface area (TPSA) is 29.1 Å². The lowest BCUT2D eigenvalue weighted by atomic mass is 10.0. The molecule has 0 unspecified atom stereocenters. The van der Waals surface area contributed by atoms with E-state index in [0.29, 0.717) is 0 Å². The van der Waals surface area contributed by atoms with Gasteiger partial charge in [-0.2, -0.15) is 0 Å². The smallest absolute Gasteiger partial charge is 0.227 e. The van der Waals surface area contributed by atoms with Gasteiger partial charge < -0.3 is 5.32 Å². The molecule has 1 rings (SSSR count). The van der Waals surface area contributed by atoms with E-state index < -0.39 is 0 Å². The summed E-state index contributed by atoms with van der Waals surface area (Å²) in [6, 6.07) is 6.11. The molecule has 0 saturated heterocycles. The molecular weight excluding hydrogens is 198 g/mol. The summed E-state index contributed by atoms with van der Waals surface area (Å²) in [5.74, 6) is 0.209. The summed E-state index contributed by atoms with van der Waals surface area (Å²) in [6.45, 7) is 8.12. The summed E-state index contributed by atoms with van der Waals surface area (Å²) in [6.07, 6.45) is 1.98. The van der Waals surface area contributed by atoms with Crippen molar-refractivity contribution >= 4 is 11.6 Å². The number of nitrogens with one attached hydrogen (secondary N) is 1. The van der Waals surface area contributed by atoms with Crippen LogP contribution in [0, 0.1) is 19.8 Å². The number of hydrogen-bond donors (Lipinski definition) is 1. The third-order valence-electron chi connectivity index (χ3n) is 2.82. The van der Waals surface area contributed by atoms with Crippen molar-refractivity contribution in [2.75, 3.05) is 5.32 Å². The third-order valence-corrected chi connectivity index (χ3v) is 2.82. The van der Waals surface area contributed by atoms with Crippen LogP contribution in [0.4, 0.5) is 5.69 Å². The summed E-state index contributed by atoms with van der Waals surface area (Å²) >= 11 is 0. The van der Waals surface area contributed by atoms with Crippen molar-refractivity contribution in [2.45, 2.75) is 40.5 Å². The first kappa shape index (κ1) is 12.8. The molecule has 2 nitrogen and oxygen atoms in total. The van der Waals surface area contributed by atoms with Crippen molar-refractivity contribution in [1.29, 1.82) is 0 Å². The highest BCUT2D eigenvalue weighted by molar-refractivity contribution is 5.93. The SMILES string of the molecule is CCC[C@H](C)C(=O)Nc1cc(C)ccc1C. The molecule has 0 fully saturated rings. The Kier molecular flexibility index (Phi) is 4.53. The Morgan fingerprint density at radius 1 is 1.38 bits per heavy atom. The average molecular weight is 219 g/mol. The molecule has 0 radical (unpaired) electrons. The minimum atomic E-state index is 0.0879. The summed E-state index contributed by atoms with van der Waals surface area (Å²) < 4.78 is 0. The summed E-state index contributed by atoms with van der Waals surface area (Å²) in [4.78, 5) is 11.9. The maximum absolute atomic E-state index is 11.9. The number of anilines is 1. The lowest BCUT2D eigenvalue weighted by molar-refractivity contribution is -0.119. The molecule has 1 aromatic rings. The van der Waals surface area contributed by atoms with Crippen molar-refractivity contribution in [3.63, 3.8) is 0 Å². The van der Waals surface area contributed by atoms with Crippen molar-refractivity contribution in [3.8, 4) is 0 Å². The monoisotopic (exact) mass is 219 g/mol. The Morgan fingerprint density at radius 3 is 2.69 bits per heavy atom. The van der Waals surface area contributed by atoms with Crippen LogP contribution in [0.15, 0.2) is 18.2 Å². The quantitative estimate of drug-likeness (QED) is 0.822. The van der Waals surface area contributed by atoms with Gasteiger partial charge in [-0.05, 0) is 37.5 Å². The van der Waals surface area contributed by atoms with Crippen molar-refractivity contribution < 1.29 is 4.79 Å². The van der Waals surface area contributed by atoms with Crippen LogP contribution in [0.3, 0.4) is 0 Å². The molecule has 0 saturated carbocycles. The highest BCUT2D eigenvalue weighted by Crippen LogP contribution is 2.18. The number of rotatable bonds is 4. The van der Waals surface area contributed by atoms with Crippen LogP contribution in [-0.2, 0) is 4.79 Å². The number of aryl methyl sites for hydroxylation is 2. The molecule has 2 heteroatoms. The molecule has 1 amide bonds. The van der Waals surface area contributed by atoms with Gasteiger partial charge in [-0.15, -0.1) is 0 Å².